The summed E-state index contributed by atoms with van der Waals surface area (Å²) in [7, 11) is 0. The van der Waals surface area contributed by atoms with Gasteiger partial charge in [-0.1, -0.05) is 35.9 Å². The third-order valence-corrected chi connectivity index (χ3v) is 8.35. The highest BCUT2D eigenvalue weighted by Crippen LogP contribution is 2.27. The quantitative estimate of drug-likeness (QED) is 0.647. The molecule has 3 heterocycles. The molecule has 1 aliphatic carbocycles. The molecule has 6 heteroatoms. The first-order valence-electron chi connectivity index (χ1n) is 13.6. The van der Waals surface area contributed by atoms with Crippen LogP contribution in [0.4, 0.5) is 4.79 Å². The molecule has 0 radical (unpaired) electrons. The monoisotopic (exact) mass is 506 g/mol. The Morgan fingerprint density at radius 2 is 1.72 bits per heavy atom. The second-order valence-corrected chi connectivity index (χ2v) is 11.2. The Labute approximate surface area is 220 Å². The van der Waals surface area contributed by atoms with Crippen molar-refractivity contribution >= 4 is 29.8 Å². The van der Waals surface area contributed by atoms with Crippen molar-refractivity contribution in [3.63, 3.8) is 0 Å². The van der Waals surface area contributed by atoms with Gasteiger partial charge < -0.3 is 19.7 Å². The molecule has 5 nitrogen and oxygen atoms in total. The summed E-state index contributed by atoms with van der Waals surface area (Å²) in [6, 6.07) is 9.10. The second kappa shape index (κ2) is 11.3. The maximum Gasteiger partial charge on any atom is 0.317 e. The van der Waals surface area contributed by atoms with E-state index in [9.17, 15) is 4.79 Å². The number of piperidine rings is 2. The zero-order valence-electron chi connectivity index (χ0n) is 21.6. The molecule has 0 saturated carbocycles. The van der Waals surface area contributed by atoms with Crippen molar-refractivity contribution < 1.29 is 4.79 Å². The number of nitrogens with zero attached hydrogens (tertiary/aromatic N) is 3. The summed E-state index contributed by atoms with van der Waals surface area (Å²) in [6.07, 6.45) is 17.6. The topological polar surface area (TPSA) is 40.5 Å². The highest BCUT2D eigenvalue weighted by molar-refractivity contribution is 6.30. The second-order valence-electron chi connectivity index (χ2n) is 10.7. The van der Waals surface area contributed by atoms with Gasteiger partial charge in [0.2, 0.25) is 0 Å². The minimum Gasteiger partial charge on any atom is -0.335 e. The summed E-state index contributed by atoms with van der Waals surface area (Å²) >= 11 is 6.16. The molecule has 5 rings (SSSR count). The first-order chi connectivity index (χ1) is 17.5. The maximum absolute atomic E-state index is 13.0. The van der Waals surface area contributed by atoms with Crippen LogP contribution in [0.1, 0.15) is 63.9 Å². The summed E-state index contributed by atoms with van der Waals surface area (Å²) in [5.41, 5.74) is 2.53. The van der Waals surface area contributed by atoms with E-state index in [0.717, 1.165) is 75.4 Å². The Morgan fingerprint density at radius 3 is 2.42 bits per heavy atom. The number of fused-ring (bicyclic) bond motifs is 1. The average Bonchev–Trinajstić information content (AvgIpc) is 3.21. The Bertz CT molecular complexity index is 1200. The lowest BCUT2D eigenvalue weighted by Gasteiger charge is -2.37. The van der Waals surface area contributed by atoms with E-state index in [0.29, 0.717) is 18.0 Å². The Balaban J connectivity index is 1.29. The molecular formula is C30H39ClN4O. The fraction of sp³-hybridized carbons (Fsp3) is 0.500. The van der Waals surface area contributed by atoms with Gasteiger partial charge in [0.15, 0.2) is 0 Å². The predicted octanol–water partition coefficient (Wildman–Crippen LogP) is 4.80. The number of halogens is 1. The molecule has 2 aromatic rings. The minimum atomic E-state index is 0.119. The maximum atomic E-state index is 13.0. The smallest absolute Gasteiger partial charge is 0.317 e. The van der Waals surface area contributed by atoms with Gasteiger partial charge in [-0.15, -0.1) is 0 Å². The van der Waals surface area contributed by atoms with Gasteiger partial charge in [0, 0.05) is 65.7 Å². The molecule has 0 bridgehead atoms. The van der Waals surface area contributed by atoms with Crippen LogP contribution in [0.25, 0.3) is 17.8 Å². The van der Waals surface area contributed by atoms with Crippen LogP contribution in [0, 0.1) is 0 Å². The SMILES string of the molecule is CC(C)N1CCC(NC(=O)N2CCC(c3cn(-c4ccc(Cl)cc4)c4/c3=C\C=C\CC\C=4)CC2)CC1. The van der Waals surface area contributed by atoms with Crippen molar-refractivity contribution in [3.05, 3.63) is 63.8 Å². The van der Waals surface area contributed by atoms with E-state index < -0.39 is 0 Å². The molecule has 2 amide bonds. The Kier molecular flexibility index (Phi) is 7.87. The van der Waals surface area contributed by atoms with E-state index in [2.05, 4.69) is 71.3 Å². The van der Waals surface area contributed by atoms with Crippen molar-refractivity contribution in [2.24, 2.45) is 0 Å². The van der Waals surface area contributed by atoms with Crippen molar-refractivity contribution in [1.82, 2.24) is 19.7 Å². The number of allylic oxidation sites excluding steroid dienone is 2. The number of benzene rings is 1. The van der Waals surface area contributed by atoms with Gasteiger partial charge in [0.25, 0.3) is 0 Å². The molecular weight excluding hydrogens is 468 g/mol. The Hall–Kier alpha value is -2.50. The van der Waals surface area contributed by atoms with E-state index in [1.54, 1.807) is 0 Å². The van der Waals surface area contributed by atoms with Crippen LogP contribution in [0.2, 0.25) is 5.02 Å². The number of hydrogen-bond donors (Lipinski definition) is 1. The standard InChI is InChI=1S/C30H39ClN4O/c1-22(2)33-19-15-25(16-20-33)32-30(36)34-17-13-23(14-18-34)28-21-35(26-11-9-24(31)10-12-26)29-8-6-4-3-5-7-27(28)29/h3,5,7-12,21-23,25H,4,6,13-20H2,1-2H3,(H,32,36)/b5-3+,27-7-,29-8+. The number of urea groups is 1. The number of nitrogens with one attached hydrogen (secondary N) is 1. The summed E-state index contributed by atoms with van der Waals surface area (Å²) in [5.74, 6) is 0.447. The molecule has 0 atom stereocenters. The van der Waals surface area contributed by atoms with Crippen molar-refractivity contribution in [2.75, 3.05) is 26.2 Å². The number of amides is 2. The van der Waals surface area contributed by atoms with Crippen molar-refractivity contribution in [3.8, 4) is 5.69 Å². The lowest BCUT2D eigenvalue weighted by Crippen LogP contribution is -2.51. The molecule has 2 saturated heterocycles. The van der Waals surface area contributed by atoms with E-state index in [4.69, 9.17) is 11.6 Å². The molecule has 36 heavy (non-hydrogen) atoms. The minimum absolute atomic E-state index is 0.119. The lowest BCUT2D eigenvalue weighted by atomic mass is 9.90. The van der Waals surface area contributed by atoms with Gasteiger partial charge in [-0.2, -0.15) is 0 Å². The molecule has 0 spiro atoms. The third kappa shape index (κ3) is 5.57. The van der Waals surface area contributed by atoms with Crippen LogP contribution < -0.4 is 15.9 Å². The average molecular weight is 507 g/mol. The number of carbonyl (C=O) groups is 1. The van der Waals surface area contributed by atoms with E-state index in [1.165, 1.54) is 16.1 Å². The number of aromatic nitrogens is 1. The molecule has 2 aliphatic heterocycles. The van der Waals surface area contributed by atoms with Crippen LogP contribution in [-0.2, 0) is 0 Å². The molecule has 1 aromatic heterocycles. The molecule has 192 valence electrons. The summed E-state index contributed by atoms with van der Waals surface area (Å²) in [4.78, 5) is 17.6. The zero-order valence-corrected chi connectivity index (χ0v) is 22.4. The first kappa shape index (κ1) is 25.2. The molecule has 3 aliphatic rings. The Morgan fingerprint density at radius 1 is 1.00 bits per heavy atom. The number of hydrogen-bond acceptors (Lipinski definition) is 2. The fourth-order valence-electron chi connectivity index (χ4n) is 5.88. The van der Waals surface area contributed by atoms with Crippen molar-refractivity contribution in [2.45, 2.75) is 70.4 Å². The van der Waals surface area contributed by atoms with Crippen LogP contribution in [0.15, 0.2) is 42.6 Å². The molecule has 2 fully saturated rings. The van der Waals surface area contributed by atoms with Crippen LogP contribution in [-0.4, -0.2) is 58.7 Å². The highest BCUT2D eigenvalue weighted by Gasteiger charge is 2.28. The van der Waals surface area contributed by atoms with Gasteiger partial charge in [-0.05, 0) is 88.1 Å². The van der Waals surface area contributed by atoms with Crippen LogP contribution >= 0.6 is 11.6 Å². The first-order valence-corrected chi connectivity index (χ1v) is 14.0. The molecule has 1 N–H and O–H groups in total. The fourth-order valence-corrected chi connectivity index (χ4v) is 6.01. The third-order valence-electron chi connectivity index (χ3n) is 8.10. The highest BCUT2D eigenvalue weighted by atomic mass is 35.5. The summed E-state index contributed by atoms with van der Waals surface area (Å²) in [5, 5.41) is 6.66. The number of likely N-dealkylation sites (tertiary alicyclic amines) is 2. The van der Waals surface area contributed by atoms with E-state index in [-0.39, 0.29) is 6.03 Å². The van der Waals surface area contributed by atoms with Crippen LogP contribution in [0.3, 0.4) is 0 Å². The summed E-state index contributed by atoms with van der Waals surface area (Å²) in [6.45, 7) is 8.26. The van der Waals surface area contributed by atoms with Gasteiger partial charge in [-0.25, -0.2) is 4.79 Å². The van der Waals surface area contributed by atoms with Crippen LogP contribution in [0.5, 0.6) is 0 Å². The van der Waals surface area contributed by atoms with Crippen molar-refractivity contribution in [1.29, 1.82) is 0 Å². The normalized spacial score (nSPS) is 22.6. The van der Waals surface area contributed by atoms with E-state index in [1.807, 2.05) is 17.0 Å². The lowest BCUT2D eigenvalue weighted by molar-refractivity contribution is 0.147. The van der Waals surface area contributed by atoms with Gasteiger partial charge in [0.05, 0.1) is 0 Å². The van der Waals surface area contributed by atoms with Gasteiger partial charge >= 0.3 is 6.03 Å². The van der Waals surface area contributed by atoms with Gasteiger partial charge in [-0.3, -0.25) is 0 Å². The van der Waals surface area contributed by atoms with Gasteiger partial charge in [0.1, 0.15) is 0 Å². The van der Waals surface area contributed by atoms with E-state index >= 15 is 0 Å². The largest absolute Gasteiger partial charge is 0.335 e. The molecule has 1 aromatic carbocycles. The zero-order chi connectivity index (χ0) is 25.1. The molecule has 0 unspecified atom stereocenters. The number of carbonyl (C=O) groups excluding carboxylic acids is 1. The predicted molar refractivity (Wildman–Crippen MR) is 149 cm³/mol. The summed E-state index contributed by atoms with van der Waals surface area (Å²) < 4.78 is 2.32. The number of rotatable bonds is 4.